The van der Waals surface area contributed by atoms with Crippen molar-refractivity contribution < 1.29 is 28.6 Å². The van der Waals surface area contributed by atoms with Gasteiger partial charge in [-0.15, -0.1) is 0 Å². The quantitative estimate of drug-likeness (QED) is 0.0261. The molecule has 468 valence electrons. The first kappa shape index (κ1) is 77.4. The van der Waals surface area contributed by atoms with E-state index >= 15 is 0 Å². The van der Waals surface area contributed by atoms with Gasteiger partial charge in [0.2, 0.25) is 0 Å². The zero-order chi connectivity index (χ0) is 57.8. The van der Waals surface area contributed by atoms with Crippen LogP contribution in [0.2, 0.25) is 0 Å². The number of rotatable bonds is 66. The monoisotopic (exact) mass is 1120 g/mol. The molecule has 0 aliphatic heterocycles. The highest BCUT2D eigenvalue weighted by atomic mass is 16.6. The van der Waals surface area contributed by atoms with E-state index in [1.54, 1.807) is 0 Å². The summed E-state index contributed by atoms with van der Waals surface area (Å²) in [6.07, 6.45) is 87.4. The molecule has 0 amide bonds. The summed E-state index contributed by atoms with van der Waals surface area (Å²) in [4.78, 5) is 38.3. The van der Waals surface area contributed by atoms with Crippen LogP contribution in [-0.2, 0) is 28.6 Å². The van der Waals surface area contributed by atoms with E-state index in [0.717, 1.165) is 83.5 Å². The van der Waals surface area contributed by atoms with Crippen molar-refractivity contribution in [2.75, 3.05) is 13.2 Å². The maximum Gasteiger partial charge on any atom is 0.306 e. The summed E-state index contributed by atoms with van der Waals surface area (Å²) in [6, 6.07) is 0. The fourth-order valence-corrected chi connectivity index (χ4v) is 10.8. The molecule has 0 spiro atoms. The standard InChI is InChI=1S/C74H136O6/c1-4-7-10-13-16-19-21-23-25-27-29-31-33-35-36-37-39-40-42-44-46-48-50-52-55-58-61-64-67-73(76)79-70-71(69-78-72(75)66-63-60-57-54-18-15-12-9-6-3)80-74(77)68-65-62-59-56-53-51-49-47-45-43-41-38-34-32-30-28-26-24-22-20-17-14-11-8-5-2/h8,11,17,20,24,26,30,32,71H,4-7,9-10,12-16,18-19,21-23,25,27-29,31,33-70H2,1-3H3/b11-8-,20-17-,26-24-,32-30-. The van der Waals surface area contributed by atoms with Crippen molar-refractivity contribution in [3.05, 3.63) is 48.6 Å². The zero-order valence-corrected chi connectivity index (χ0v) is 53.9. The van der Waals surface area contributed by atoms with Gasteiger partial charge in [0.05, 0.1) is 0 Å². The van der Waals surface area contributed by atoms with Gasteiger partial charge in [0.25, 0.3) is 0 Å². The maximum atomic E-state index is 12.9. The SMILES string of the molecule is CC/C=C\C/C=C\C/C=C\C/C=C\CCCCCCCCCCCCCCC(=O)OC(COC(=O)CCCCCCCCCCC)COC(=O)CCCCCCCCCCCCCCCCCCCCCCCCCCCCCC. The minimum atomic E-state index is -0.771. The number of hydrogen-bond donors (Lipinski definition) is 0. The third kappa shape index (κ3) is 66.2. The van der Waals surface area contributed by atoms with Crippen LogP contribution in [0.15, 0.2) is 48.6 Å². The van der Waals surface area contributed by atoms with Crippen LogP contribution in [0.4, 0.5) is 0 Å². The van der Waals surface area contributed by atoms with Gasteiger partial charge >= 0.3 is 17.9 Å². The molecule has 0 saturated heterocycles. The lowest BCUT2D eigenvalue weighted by molar-refractivity contribution is -0.167. The largest absolute Gasteiger partial charge is 0.462 e. The van der Waals surface area contributed by atoms with Crippen molar-refractivity contribution in [2.45, 2.75) is 393 Å². The van der Waals surface area contributed by atoms with Gasteiger partial charge < -0.3 is 14.2 Å². The molecule has 1 atom stereocenters. The number of hydrogen-bond acceptors (Lipinski definition) is 6. The average molecular weight is 1120 g/mol. The van der Waals surface area contributed by atoms with Crippen molar-refractivity contribution in [1.29, 1.82) is 0 Å². The molecule has 0 aliphatic rings. The fraction of sp³-hybridized carbons (Fsp3) is 0.851. The van der Waals surface area contributed by atoms with Crippen LogP contribution in [0.1, 0.15) is 387 Å². The Labute approximate surface area is 498 Å². The molecule has 1 unspecified atom stereocenters. The Morgan fingerprint density at radius 2 is 0.487 bits per heavy atom. The summed E-state index contributed by atoms with van der Waals surface area (Å²) in [6.45, 7) is 6.58. The van der Waals surface area contributed by atoms with Crippen LogP contribution in [0.25, 0.3) is 0 Å². The minimum absolute atomic E-state index is 0.0680. The summed E-state index contributed by atoms with van der Waals surface area (Å²) >= 11 is 0. The van der Waals surface area contributed by atoms with Crippen molar-refractivity contribution in [2.24, 2.45) is 0 Å². The predicted molar refractivity (Wildman–Crippen MR) is 349 cm³/mol. The minimum Gasteiger partial charge on any atom is -0.462 e. The van der Waals surface area contributed by atoms with Gasteiger partial charge in [0.15, 0.2) is 6.10 Å². The number of carbonyl (C=O) groups excluding carboxylic acids is 3. The summed E-state index contributed by atoms with van der Waals surface area (Å²) in [7, 11) is 0. The summed E-state index contributed by atoms with van der Waals surface area (Å²) < 4.78 is 16.9. The molecule has 0 bridgehead atoms. The van der Waals surface area contributed by atoms with Crippen LogP contribution < -0.4 is 0 Å². The molecule has 6 nitrogen and oxygen atoms in total. The number of esters is 3. The van der Waals surface area contributed by atoms with Gasteiger partial charge in [-0.1, -0.05) is 358 Å². The predicted octanol–water partition coefficient (Wildman–Crippen LogP) is 24.5. The highest BCUT2D eigenvalue weighted by Gasteiger charge is 2.19. The van der Waals surface area contributed by atoms with Gasteiger partial charge in [-0.2, -0.15) is 0 Å². The van der Waals surface area contributed by atoms with E-state index in [1.807, 2.05) is 0 Å². The highest BCUT2D eigenvalue weighted by Crippen LogP contribution is 2.19. The first-order valence-corrected chi connectivity index (χ1v) is 35.6. The smallest absolute Gasteiger partial charge is 0.306 e. The summed E-state index contributed by atoms with van der Waals surface area (Å²) in [5, 5.41) is 0. The zero-order valence-electron chi connectivity index (χ0n) is 53.9. The molecule has 80 heavy (non-hydrogen) atoms. The molecule has 0 saturated carbocycles. The molecule has 0 aliphatic carbocycles. The van der Waals surface area contributed by atoms with Crippen LogP contribution in [0.3, 0.4) is 0 Å². The molecule has 0 N–H and O–H groups in total. The van der Waals surface area contributed by atoms with Crippen molar-refractivity contribution in [3.63, 3.8) is 0 Å². The van der Waals surface area contributed by atoms with Gasteiger partial charge in [-0.05, 0) is 57.8 Å². The van der Waals surface area contributed by atoms with E-state index in [2.05, 4.69) is 69.4 Å². The van der Waals surface area contributed by atoms with Gasteiger partial charge in [0, 0.05) is 19.3 Å². The Bertz CT molecular complexity index is 1380. The van der Waals surface area contributed by atoms with Crippen molar-refractivity contribution in [1.82, 2.24) is 0 Å². The van der Waals surface area contributed by atoms with Crippen molar-refractivity contribution in [3.8, 4) is 0 Å². The first-order valence-electron chi connectivity index (χ1n) is 35.6. The molecule has 0 fully saturated rings. The molecule has 0 heterocycles. The maximum absolute atomic E-state index is 12.9. The van der Waals surface area contributed by atoms with Crippen LogP contribution in [0, 0.1) is 0 Å². The lowest BCUT2D eigenvalue weighted by Gasteiger charge is -2.18. The van der Waals surface area contributed by atoms with E-state index in [1.165, 1.54) is 263 Å². The topological polar surface area (TPSA) is 78.9 Å². The lowest BCUT2D eigenvalue weighted by atomic mass is 10.0. The number of allylic oxidation sites excluding steroid dienone is 8. The summed E-state index contributed by atoms with van der Waals surface area (Å²) in [5.41, 5.74) is 0. The molecular formula is C74H136O6. The van der Waals surface area contributed by atoms with E-state index in [0.29, 0.717) is 19.3 Å². The molecule has 0 rings (SSSR count). The van der Waals surface area contributed by atoms with Crippen molar-refractivity contribution >= 4 is 17.9 Å². The van der Waals surface area contributed by atoms with Gasteiger partial charge in [0.1, 0.15) is 13.2 Å². The lowest BCUT2D eigenvalue weighted by Crippen LogP contribution is -2.30. The molecule has 0 aromatic carbocycles. The molecule has 6 heteroatoms. The Hall–Kier alpha value is -2.63. The van der Waals surface area contributed by atoms with E-state index < -0.39 is 6.10 Å². The first-order chi connectivity index (χ1) is 39.5. The van der Waals surface area contributed by atoms with E-state index in [4.69, 9.17) is 14.2 Å². The second-order valence-electron chi connectivity index (χ2n) is 24.1. The molecule has 0 aromatic heterocycles. The third-order valence-corrected chi connectivity index (χ3v) is 16.1. The second kappa shape index (κ2) is 68.9. The molecule has 0 radical (unpaired) electrons. The Morgan fingerprint density at radius 3 is 0.762 bits per heavy atom. The van der Waals surface area contributed by atoms with Gasteiger partial charge in [-0.3, -0.25) is 14.4 Å². The van der Waals surface area contributed by atoms with E-state index in [9.17, 15) is 14.4 Å². The number of carbonyl (C=O) groups is 3. The van der Waals surface area contributed by atoms with Crippen LogP contribution in [-0.4, -0.2) is 37.2 Å². The normalized spacial score (nSPS) is 12.3. The summed E-state index contributed by atoms with van der Waals surface area (Å²) in [5.74, 6) is -0.847. The van der Waals surface area contributed by atoms with Crippen LogP contribution >= 0.6 is 0 Å². The van der Waals surface area contributed by atoms with Gasteiger partial charge in [-0.25, -0.2) is 0 Å². The molecular weight excluding hydrogens is 985 g/mol. The Kier molecular flexibility index (Phi) is 66.6. The molecule has 0 aromatic rings. The fourth-order valence-electron chi connectivity index (χ4n) is 10.8. The number of ether oxygens (including phenoxy) is 3. The second-order valence-corrected chi connectivity index (χ2v) is 24.1. The number of unbranched alkanes of at least 4 members (excludes halogenated alkanes) is 47. The highest BCUT2D eigenvalue weighted by molar-refractivity contribution is 5.71. The van der Waals surface area contributed by atoms with E-state index in [-0.39, 0.29) is 31.1 Å². The Balaban J connectivity index is 4.10. The van der Waals surface area contributed by atoms with Crippen LogP contribution in [0.5, 0.6) is 0 Å². The Morgan fingerprint density at radius 1 is 0.263 bits per heavy atom. The average Bonchev–Trinajstić information content (AvgIpc) is 3.46. The third-order valence-electron chi connectivity index (χ3n) is 16.1.